The highest BCUT2D eigenvalue weighted by atomic mass is 19.1. The fourth-order valence-electron chi connectivity index (χ4n) is 2.27. The predicted octanol–water partition coefficient (Wildman–Crippen LogP) is 2.84. The molecule has 0 fully saturated rings. The van der Waals surface area contributed by atoms with Gasteiger partial charge >= 0.3 is 5.69 Å². The molecule has 138 valence electrons. The van der Waals surface area contributed by atoms with Crippen molar-refractivity contribution < 1.29 is 18.8 Å². The molecule has 7 nitrogen and oxygen atoms in total. The number of amides is 1. The first-order valence-electron chi connectivity index (χ1n) is 7.85. The average molecular weight is 361 g/mol. The van der Waals surface area contributed by atoms with Crippen LogP contribution in [0.25, 0.3) is 0 Å². The van der Waals surface area contributed by atoms with Gasteiger partial charge < -0.3 is 14.5 Å². The Labute approximate surface area is 150 Å². The van der Waals surface area contributed by atoms with Crippen LogP contribution in [-0.4, -0.2) is 43.5 Å². The van der Waals surface area contributed by atoms with Crippen molar-refractivity contribution in [3.05, 3.63) is 64.0 Å². The Morgan fingerprint density at radius 3 is 2.38 bits per heavy atom. The van der Waals surface area contributed by atoms with Crippen molar-refractivity contribution in [1.29, 1.82) is 0 Å². The molecule has 0 heterocycles. The third-order valence-electron chi connectivity index (χ3n) is 3.77. The summed E-state index contributed by atoms with van der Waals surface area (Å²) in [4.78, 5) is 25.8. The van der Waals surface area contributed by atoms with Crippen LogP contribution in [0.4, 0.5) is 15.8 Å². The normalized spacial score (nSPS) is 10.3. The molecule has 8 heteroatoms. The lowest BCUT2D eigenvalue weighted by Gasteiger charge is -2.18. The molecule has 0 bridgehead atoms. The Hall–Kier alpha value is -3.16. The molecule has 0 unspecified atom stereocenters. The first kappa shape index (κ1) is 19.2. The number of anilines is 1. The monoisotopic (exact) mass is 361 g/mol. The van der Waals surface area contributed by atoms with E-state index in [2.05, 4.69) is 0 Å². The Kier molecular flexibility index (Phi) is 6.11. The number of carbonyl (C=O) groups is 1. The van der Waals surface area contributed by atoms with Gasteiger partial charge in [0.25, 0.3) is 5.91 Å². The molecule has 2 aromatic rings. The molecule has 0 radical (unpaired) electrons. The summed E-state index contributed by atoms with van der Waals surface area (Å²) < 4.78 is 18.4. The van der Waals surface area contributed by atoms with Gasteiger partial charge in [0.1, 0.15) is 5.82 Å². The number of ether oxygens (including phenoxy) is 1. The van der Waals surface area contributed by atoms with E-state index in [0.29, 0.717) is 6.54 Å². The summed E-state index contributed by atoms with van der Waals surface area (Å²) in [6.07, 6.45) is 0. The minimum Gasteiger partial charge on any atom is -0.477 e. The lowest BCUT2D eigenvalue weighted by atomic mass is 10.2. The number of halogens is 1. The zero-order valence-corrected chi connectivity index (χ0v) is 14.8. The summed E-state index contributed by atoms with van der Waals surface area (Å²) in [6, 6.07) is 10.6. The van der Waals surface area contributed by atoms with Gasteiger partial charge in [-0.15, -0.1) is 0 Å². The summed E-state index contributed by atoms with van der Waals surface area (Å²) in [5.41, 5.74) is 1.59. The molecule has 0 spiro atoms. The summed E-state index contributed by atoms with van der Waals surface area (Å²) in [6.45, 7) is -0.0578. The maximum Gasteiger partial charge on any atom is 0.311 e. The number of hydrogen-bond acceptors (Lipinski definition) is 5. The maximum absolute atomic E-state index is 13.3. The molecule has 0 aliphatic heterocycles. The van der Waals surface area contributed by atoms with Gasteiger partial charge in [0, 0.05) is 45.5 Å². The van der Waals surface area contributed by atoms with Crippen molar-refractivity contribution in [3.63, 3.8) is 0 Å². The fraction of sp³-hybridized carbons (Fsp3) is 0.278. The second-order valence-corrected chi connectivity index (χ2v) is 5.97. The molecule has 26 heavy (non-hydrogen) atoms. The fourth-order valence-corrected chi connectivity index (χ4v) is 2.27. The number of carbonyl (C=O) groups excluding carboxylic acids is 1. The van der Waals surface area contributed by atoms with Crippen LogP contribution in [0.2, 0.25) is 0 Å². The SMILES string of the molecule is CN(Cc1ccc(N(C)C)cc1)C(=O)COc1cc(F)ccc1[N+](=O)[O-]. The van der Waals surface area contributed by atoms with Crippen molar-refractivity contribution in [1.82, 2.24) is 4.90 Å². The number of benzene rings is 2. The third kappa shape index (κ3) is 4.92. The molecular weight excluding hydrogens is 341 g/mol. The van der Waals surface area contributed by atoms with Gasteiger partial charge in [-0.2, -0.15) is 0 Å². The van der Waals surface area contributed by atoms with Crippen LogP contribution in [0.3, 0.4) is 0 Å². The van der Waals surface area contributed by atoms with Gasteiger partial charge in [0.2, 0.25) is 5.75 Å². The Bertz CT molecular complexity index is 794. The van der Waals surface area contributed by atoms with Gasteiger partial charge in [-0.1, -0.05) is 12.1 Å². The lowest BCUT2D eigenvalue weighted by Crippen LogP contribution is -2.31. The Morgan fingerprint density at radius 1 is 1.15 bits per heavy atom. The molecule has 0 aliphatic rings. The van der Waals surface area contributed by atoms with E-state index in [4.69, 9.17) is 4.74 Å². The standard InChI is InChI=1S/C18H20FN3O4/c1-20(2)15-7-4-13(5-8-15)11-21(3)18(23)12-26-17-10-14(19)6-9-16(17)22(24)25/h4-10H,11-12H2,1-3H3. The molecule has 0 saturated carbocycles. The number of hydrogen-bond donors (Lipinski definition) is 0. The zero-order valence-electron chi connectivity index (χ0n) is 14.8. The molecule has 0 N–H and O–H groups in total. The van der Waals surface area contributed by atoms with E-state index in [1.54, 1.807) is 7.05 Å². The van der Waals surface area contributed by atoms with Crippen LogP contribution in [0.5, 0.6) is 5.75 Å². The number of likely N-dealkylation sites (N-methyl/N-ethyl adjacent to an activating group) is 1. The molecule has 0 saturated heterocycles. The van der Waals surface area contributed by atoms with Crippen LogP contribution in [0, 0.1) is 15.9 Å². The van der Waals surface area contributed by atoms with Gasteiger partial charge in [-0.3, -0.25) is 14.9 Å². The molecule has 1 amide bonds. The molecular formula is C18H20FN3O4. The van der Waals surface area contributed by atoms with Crippen molar-refractivity contribution in [2.75, 3.05) is 32.6 Å². The zero-order chi connectivity index (χ0) is 19.3. The van der Waals surface area contributed by atoms with Crippen molar-refractivity contribution in [2.45, 2.75) is 6.54 Å². The highest BCUT2D eigenvalue weighted by Gasteiger charge is 2.18. The number of nitro groups is 1. The number of rotatable bonds is 7. The number of nitro benzene ring substituents is 1. The molecule has 2 aromatic carbocycles. The molecule has 0 aromatic heterocycles. The van der Waals surface area contributed by atoms with E-state index >= 15 is 0 Å². The van der Waals surface area contributed by atoms with Gasteiger partial charge in [-0.25, -0.2) is 4.39 Å². The average Bonchev–Trinajstić information content (AvgIpc) is 2.59. The number of nitrogens with zero attached hydrogens (tertiary/aromatic N) is 3. The first-order valence-corrected chi connectivity index (χ1v) is 7.85. The minimum atomic E-state index is -0.685. The van der Waals surface area contributed by atoms with Crippen LogP contribution in [0.15, 0.2) is 42.5 Å². The quantitative estimate of drug-likeness (QED) is 0.560. The first-order chi connectivity index (χ1) is 12.3. The largest absolute Gasteiger partial charge is 0.477 e. The van der Waals surface area contributed by atoms with Gasteiger partial charge in [-0.05, 0) is 23.8 Å². The van der Waals surface area contributed by atoms with E-state index in [1.807, 2.05) is 43.3 Å². The van der Waals surface area contributed by atoms with E-state index in [0.717, 1.165) is 29.4 Å². The highest BCUT2D eigenvalue weighted by molar-refractivity contribution is 5.77. The van der Waals surface area contributed by atoms with Crippen molar-refractivity contribution >= 4 is 17.3 Å². The van der Waals surface area contributed by atoms with E-state index in [9.17, 15) is 19.3 Å². The van der Waals surface area contributed by atoms with Crippen molar-refractivity contribution in [2.24, 2.45) is 0 Å². The minimum absolute atomic E-state index is 0.271. The summed E-state index contributed by atoms with van der Waals surface area (Å²) >= 11 is 0. The van der Waals surface area contributed by atoms with Gasteiger partial charge in [0.05, 0.1) is 4.92 Å². The molecule has 2 rings (SSSR count). The Morgan fingerprint density at radius 2 is 1.81 bits per heavy atom. The van der Waals surface area contributed by atoms with Crippen LogP contribution < -0.4 is 9.64 Å². The summed E-state index contributed by atoms with van der Waals surface area (Å²) in [5, 5.41) is 10.9. The second kappa shape index (κ2) is 8.28. The van der Waals surface area contributed by atoms with E-state index in [1.165, 1.54) is 4.90 Å². The molecule has 0 atom stereocenters. The van der Waals surface area contributed by atoms with Crippen LogP contribution in [-0.2, 0) is 11.3 Å². The third-order valence-corrected chi connectivity index (χ3v) is 3.77. The second-order valence-electron chi connectivity index (χ2n) is 5.97. The maximum atomic E-state index is 13.3. The van der Waals surface area contributed by atoms with E-state index < -0.39 is 17.3 Å². The molecule has 0 aliphatic carbocycles. The van der Waals surface area contributed by atoms with Crippen LogP contribution >= 0.6 is 0 Å². The summed E-state index contributed by atoms with van der Waals surface area (Å²) in [5.74, 6) is -1.32. The van der Waals surface area contributed by atoms with Crippen molar-refractivity contribution in [3.8, 4) is 5.75 Å². The lowest BCUT2D eigenvalue weighted by molar-refractivity contribution is -0.385. The highest BCUT2D eigenvalue weighted by Crippen LogP contribution is 2.27. The predicted molar refractivity (Wildman–Crippen MR) is 95.8 cm³/mol. The smallest absolute Gasteiger partial charge is 0.311 e. The van der Waals surface area contributed by atoms with E-state index in [-0.39, 0.29) is 17.3 Å². The topological polar surface area (TPSA) is 75.9 Å². The van der Waals surface area contributed by atoms with Gasteiger partial charge in [0.15, 0.2) is 6.61 Å². The van der Waals surface area contributed by atoms with Crippen LogP contribution in [0.1, 0.15) is 5.56 Å². The summed E-state index contributed by atoms with van der Waals surface area (Å²) in [7, 11) is 5.48. The Balaban J connectivity index is 1.97.